The molecule has 3 N–H and O–H groups in total. The van der Waals surface area contributed by atoms with Gasteiger partial charge in [-0.3, -0.25) is 4.79 Å². The molecular weight excluding hydrogens is 448 g/mol. The second-order valence-corrected chi connectivity index (χ2v) is 8.33. The van der Waals surface area contributed by atoms with Crippen molar-refractivity contribution in [1.82, 2.24) is 5.32 Å². The first-order chi connectivity index (χ1) is 14.0. The van der Waals surface area contributed by atoms with E-state index in [1.165, 1.54) is 11.8 Å². The number of nitrogens with one attached hydrogen (secondary N) is 1. The Morgan fingerprint density at radius 2 is 1.79 bits per heavy atom. The van der Waals surface area contributed by atoms with Crippen LogP contribution in [0.4, 0.5) is 0 Å². The van der Waals surface area contributed by atoms with Gasteiger partial charge in [0, 0.05) is 10.0 Å². The number of carbonyl (C=O) groups excluding carboxylic acids is 1. The first-order valence-corrected chi connectivity index (χ1v) is 10.5. The highest BCUT2D eigenvalue weighted by Gasteiger charge is 2.32. The van der Waals surface area contributed by atoms with Crippen molar-refractivity contribution in [2.75, 3.05) is 5.75 Å². The Labute approximate surface area is 182 Å². The molecule has 7 heteroatoms. The van der Waals surface area contributed by atoms with Gasteiger partial charge in [-0.25, -0.2) is 0 Å². The molecule has 1 atom stereocenters. The lowest BCUT2D eigenvalue weighted by atomic mass is 9.82. The fourth-order valence-corrected chi connectivity index (χ4v) is 4.33. The number of nitriles is 2. The summed E-state index contributed by atoms with van der Waals surface area (Å²) in [6.45, 7) is 1.93. The van der Waals surface area contributed by atoms with Gasteiger partial charge >= 0.3 is 0 Å². The predicted molar refractivity (Wildman–Crippen MR) is 117 cm³/mol. The Balaban J connectivity index is 1.94. The molecule has 0 amide bonds. The number of dihydropyridines is 1. The number of ketones is 1. The maximum Gasteiger partial charge on any atom is 0.173 e. The zero-order chi connectivity index (χ0) is 21.0. The van der Waals surface area contributed by atoms with Crippen molar-refractivity contribution in [3.8, 4) is 12.1 Å². The molecule has 1 unspecified atom stereocenters. The highest BCUT2D eigenvalue weighted by molar-refractivity contribution is 9.10. The monoisotopic (exact) mass is 464 g/mol. The molecule has 29 heavy (non-hydrogen) atoms. The molecule has 0 fully saturated rings. The molecule has 0 saturated heterocycles. The zero-order valence-corrected chi connectivity index (χ0v) is 18.0. The topological polar surface area (TPSA) is 103 Å². The van der Waals surface area contributed by atoms with Gasteiger partial charge in [-0.1, -0.05) is 64.1 Å². The molecule has 3 rings (SSSR count). The molecule has 0 spiro atoms. The van der Waals surface area contributed by atoms with Crippen molar-refractivity contribution in [2.45, 2.75) is 12.8 Å². The van der Waals surface area contributed by atoms with Gasteiger partial charge in [-0.2, -0.15) is 10.5 Å². The van der Waals surface area contributed by atoms with Gasteiger partial charge in [-0.15, -0.1) is 0 Å². The van der Waals surface area contributed by atoms with Gasteiger partial charge in [-0.05, 0) is 30.2 Å². The third-order valence-electron chi connectivity index (χ3n) is 4.61. The second-order valence-electron chi connectivity index (χ2n) is 6.43. The summed E-state index contributed by atoms with van der Waals surface area (Å²) in [5.74, 6) is -0.267. The fraction of sp³-hybridized carbons (Fsp3) is 0.136. The summed E-state index contributed by atoms with van der Waals surface area (Å²) < 4.78 is 0.896. The van der Waals surface area contributed by atoms with Gasteiger partial charge in [0.1, 0.15) is 5.82 Å². The molecule has 144 valence electrons. The Morgan fingerprint density at radius 1 is 1.14 bits per heavy atom. The number of aryl methyl sites for hydroxylation is 1. The molecule has 0 radical (unpaired) electrons. The van der Waals surface area contributed by atoms with E-state index in [0.717, 1.165) is 15.6 Å². The summed E-state index contributed by atoms with van der Waals surface area (Å²) in [5, 5.41) is 23.0. The lowest BCUT2D eigenvalue weighted by Gasteiger charge is -2.27. The van der Waals surface area contributed by atoms with Gasteiger partial charge in [0.25, 0.3) is 0 Å². The predicted octanol–water partition coefficient (Wildman–Crippen LogP) is 4.49. The average Bonchev–Trinajstić information content (AvgIpc) is 2.72. The van der Waals surface area contributed by atoms with Crippen LogP contribution in [-0.4, -0.2) is 11.5 Å². The fourth-order valence-electron chi connectivity index (χ4n) is 3.12. The van der Waals surface area contributed by atoms with Crippen LogP contribution in [0.25, 0.3) is 0 Å². The summed E-state index contributed by atoms with van der Waals surface area (Å²) in [5.41, 5.74) is 9.20. The molecule has 0 bridgehead atoms. The number of hydrogen-bond donors (Lipinski definition) is 2. The highest BCUT2D eigenvalue weighted by Crippen LogP contribution is 2.40. The quantitative estimate of drug-likeness (QED) is 0.631. The summed E-state index contributed by atoms with van der Waals surface area (Å²) in [7, 11) is 0. The minimum absolute atomic E-state index is 0.0600. The lowest BCUT2D eigenvalue weighted by Crippen LogP contribution is -2.30. The van der Waals surface area contributed by atoms with Crippen LogP contribution in [0.15, 0.2) is 75.0 Å². The van der Waals surface area contributed by atoms with Gasteiger partial charge in [0.05, 0.1) is 40.0 Å². The Hall–Kier alpha value is -3.00. The van der Waals surface area contributed by atoms with Gasteiger partial charge in [0.2, 0.25) is 0 Å². The normalized spacial score (nSPS) is 16.1. The summed E-state index contributed by atoms with van der Waals surface area (Å²) in [6.07, 6.45) is 0. The van der Waals surface area contributed by atoms with E-state index < -0.39 is 5.92 Å². The van der Waals surface area contributed by atoms with Crippen LogP contribution >= 0.6 is 27.7 Å². The van der Waals surface area contributed by atoms with Crippen LogP contribution in [0.5, 0.6) is 0 Å². The van der Waals surface area contributed by atoms with E-state index >= 15 is 0 Å². The third kappa shape index (κ3) is 4.37. The number of benzene rings is 2. The lowest BCUT2D eigenvalue weighted by molar-refractivity contribution is 0.102. The van der Waals surface area contributed by atoms with Crippen LogP contribution in [0.2, 0.25) is 0 Å². The van der Waals surface area contributed by atoms with Gasteiger partial charge < -0.3 is 11.1 Å². The number of carbonyl (C=O) groups is 1. The molecular formula is C22H17BrN4OS. The molecule has 1 aliphatic rings. The van der Waals surface area contributed by atoms with Crippen molar-refractivity contribution >= 4 is 33.5 Å². The maximum atomic E-state index is 12.5. The van der Waals surface area contributed by atoms with Crippen LogP contribution in [0.3, 0.4) is 0 Å². The Kier molecular flexibility index (Phi) is 6.43. The van der Waals surface area contributed by atoms with E-state index in [1.54, 1.807) is 12.1 Å². The smallest absolute Gasteiger partial charge is 0.173 e. The summed E-state index contributed by atoms with van der Waals surface area (Å²) in [4.78, 5) is 12.5. The average molecular weight is 465 g/mol. The zero-order valence-electron chi connectivity index (χ0n) is 15.6. The molecule has 5 nitrogen and oxygen atoms in total. The van der Waals surface area contributed by atoms with Crippen LogP contribution in [0, 0.1) is 29.6 Å². The number of allylic oxidation sites excluding steroid dienone is 2. The van der Waals surface area contributed by atoms with Crippen LogP contribution in [-0.2, 0) is 0 Å². The van der Waals surface area contributed by atoms with E-state index in [9.17, 15) is 15.3 Å². The molecule has 1 heterocycles. The number of rotatable bonds is 5. The largest absolute Gasteiger partial charge is 0.384 e. The highest BCUT2D eigenvalue weighted by atomic mass is 79.9. The van der Waals surface area contributed by atoms with E-state index in [0.29, 0.717) is 21.7 Å². The van der Waals surface area contributed by atoms with Crippen LogP contribution in [0.1, 0.15) is 27.4 Å². The molecule has 0 aromatic heterocycles. The molecule has 0 saturated carbocycles. The minimum atomic E-state index is -0.558. The number of nitrogens with zero attached hydrogens (tertiary/aromatic N) is 2. The number of hydrogen-bond acceptors (Lipinski definition) is 6. The standard InChI is InChI=1S/C22H17BrN4OS/c1-13-4-2-3-5-16(13)20-17(10-24)21(26)27-22(18(20)11-25)29-12-19(28)14-6-8-15(23)9-7-14/h2-9,20,27H,12,26H2,1H3. The second kappa shape index (κ2) is 9.00. The molecule has 1 aliphatic heterocycles. The number of nitrogens with two attached hydrogens (primary N) is 1. The van der Waals surface area contributed by atoms with E-state index in [-0.39, 0.29) is 17.4 Å². The molecule has 0 aliphatic carbocycles. The number of thioether (sulfide) groups is 1. The van der Waals surface area contributed by atoms with Crippen molar-refractivity contribution in [3.63, 3.8) is 0 Å². The number of halogens is 1. The Morgan fingerprint density at radius 3 is 2.41 bits per heavy atom. The minimum Gasteiger partial charge on any atom is -0.384 e. The van der Waals surface area contributed by atoms with Crippen molar-refractivity contribution in [1.29, 1.82) is 10.5 Å². The maximum absolute atomic E-state index is 12.5. The summed E-state index contributed by atoms with van der Waals surface area (Å²) >= 11 is 4.57. The van der Waals surface area contributed by atoms with Crippen molar-refractivity contribution in [3.05, 3.63) is 91.7 Å². The van der Waals surface area contributed by atoms with E-state index in [4.69, 9.17) is 5.73 Å². The van der Waals surface area contributed by atoms with Gasteiger partial charge in [0.15, 0.2) is 5.78 Å². The summed E-state index contributed by atoms with van der Waals surface area (Å²) in [6, 6.07) is 19.1. The first-order valence-electron chi connectivity index (χ1n) is 8.74. The number of Topliss-reactive ketones (excluding diaryl/α,β-unsaturated/α-hetero) is 1. The van der Waals surface area contributed by atoms with Crippen LogP contribution < -0.4 is 11.1 Å². The Bertz CT molecular complexity index is 1110. The van der Waals surface area contributed by atoms with Crippen molar-refractivity contribution < 1.29 is 4.79 Å². The third-order valence-corrected chi connectivity index (χ3v) is 6.16. The molecule has 2 aromatic rings. The first kappa shape index (κ1) is 20.7. The SMILES string of the molecule is Cc1ccccc1C1C(C#N)=C(N)NC(SCC(=O)c2ccc(Br)cc2)=C1C#N. The molecule has 2 aromatic carbocycles. The van der Waals surface area contributed by atoms with E-state index in [1.807, 2.05) is 43.3 Å². The van der Waals surface area contributed by atoms with E-state index in [2.05, 4.69) is 33.4 Å². The van der Waals surface area contributed by atoms with Crippen molar-refractivity contribution in [2.24, 2.45) is 5.73 Å².